The molecule has 3 nitrogen and oxygen atoms in total. The summed E-state index contributed by atoms with van der Waals surface area (Å²) < 4.78 is 12.1. The Labute approximate surface area is 112 Å². The molecule has 2 aliphatic rings. The lowest BCUT2D eigenvalue weighted by Gasteiger charge is -2.45. The minimum atomic E-state index is -0.0172. The Morgan fingerprint density at radius 2 is 2.11 bits per heavy atom. The molecule has 2 rings (SSSR count). The molecule has 1 aliphatic heterocycles. The highest BCUT2D eigenvalue weighted by Crippen LogP contribution is 2.51. The molecule has 0 aromatic carbocycles. The summed E-state index contributed by atoms with van der Waals surface area (Å²) in [5.74, 6) is 0.598. The Kier molecular flexibility index (Phi) is 4.05. The van der Waals surface area contributed by atoms with Crippen LogP contribution in [-0.4, -0.2) is 37.5 Å². The second-order valence-electron chi connectivity index (χ2n) is 7.14. The van der Waals surface area contributed by atoms with Crippen molar-refractivity contribution in [2.75, 3.05) is 19.8 Å². The highest BCUT2D eigenvalue weighted by Gasteiger charge is 2.55. The lowest BCUT2D eigenvalue weighted by Crippen LogP contribution is -2.61. The summed E-state index contributed by atoms with van der Waals surface area (Å²) >= 11 is 0. The SMILES string of the molecule is CC(C)OCC1NCCOC12CC(C)(C)CC2C. The van der Waals surface area contributed by atoms with Crippen LogP contribution in [-0.2, 0) is 9.47 Å². The van der Waals surface area contributed by atoms with Crippen molar-refractivity contribution >= 4 is 0 Å². The van der Waals surface area contributed by atoms with Gasteiger partial charge in [0.25, 0.3) is 0 Å². The average Bonchev–Trinajstić information content (AvgIpc) is 2.48. The summed E-state index contributed by atoms with van der Waals surface area (Å²) in [7, 11) is 0. The lowest BCUT2D eigenvalue weighted by molar-refractivity contribution is -0.137. The average molecular weight is 255 g/mol. The van der Waals surface area contributed by atoms with E-state index in [1.165, 1.54) is 6.42 Å². The monoisotopic (exact) mass is 255 g/mol. The van der Waals surface area contributed by atoms with Crippen LogP contribution in [0.1, 0.15) is 47.5 Å². The number of hydrogen-bond donors (Lipinski definition) is 1. The summed E-state index contributed by atoms with van der Waals surface area (Å²) in [5.41, 5.74) is 0.366. The normalized spacial score (nSPS) is 39.7. The summed E-state index contributed by atoms with van der Waals surface area (Å²) in [6.45, 7) is 13.8. The molecular weight excluding hydrogens is 226 g/mol. The molecule has 0 amide bonds. The largest absolute Gasteiger partial charge is 0.377 e. The molecule has 3 heteroatoms. The highest BCUT2D eigenvalue weighted by molar-refractivity contribution is 5.07. The zero-order valence-electron chi connectivity index (χ0n) is 12.6. The first-order valence-electron chi connectivity index (χ1n) is 7.35. The number of hydrogen-bond acceptors (Lipinski definition) is 3. The van der Waals surface area contributed by atoms with Crippen LogP contribution in [0.5, 0.6) is 0 Å². The van der Waals surface area contributed by atoms with Crippen LogP contribution in [0.2, 0.25) is 0 Å². The lowest BCUT2D eigenvalue weighted by atomic mass is 9.82. The van der Waals surface area contributed by atoms with Crippen molar-refractivity contribution in [2.45, 2.75) is 65.2 Å². The molecule has 1 saturated heterocycles. The third-order valence-corrected chi connectivity index (χ3v) is 4.50. The van der Waals surface area contributed by atoms with E-state index in [-0.39, 0.29) is 11.7 Å². The van der Waals surface area contributed by atoms with Crippen LogP contribution in [0, 0.1) is 11.3 Å². The van der Waals surface area contributed by atoms with Crippen LogP contribution >= 0.6 is 0 Å². The van der Waals surface area contributed by atoms with Gasteiger partial charge in [-0.15, -0.1) is 0 Å². The fourth-order valence-corrected chi connectivity index (χ4v) is 3.89. The molecule has 3 atom stereocenters. The second-order valence-corrected chi connectivity index (χ2v) is 7.14. The third kappa shape index (κ3) is 2.73. The van der Waals surface area contributed by atoms with Gasteiger partial charge in [-0.05, 0) is 38.0 Å². The molecule has 0 aromatic rings. The first-order chi connectivity index (χ1) is 8.36. The zero-order chi connectivity index (χ0) is 13.4. The minimum Gasteiger partial charge on any atom is -0.377 e. The molecule has 106 valence electrons. The quantitative estimate of drug-likeness (QED) is 0.841. The van der Waals surface area contributed by atoms with Crippen LogP contribution in [0.15, 0.2) is 0 Å². The molecule has 1 saturated carbocycles. The Morgan fingerprint density at radius 3 is 2.67 bits per heavy atom. The maximum absolute atomic E-state index is 6.28. The van der Waals surface area contributed by atoms with E-state index in [0.29, 0.717) is 17.4 Å². The molecule has 3 unspecified atom stereocenters. The maximum Gasteiger partial charge on any atom is 0.0888 e. The Balaban J connectivity index is 2.11. The Hall–Kier alpha value is -0.120. The van der Waals surface area contributed by atoms with Gasteiger partial charge in [-0.3, -0.25) is 0 Å². The van der Waals surface area contributed by atoms with Gasteiger partial charge in [0.05, 0.1) is 31.0 Å². The summed E-state index contributed by atoms with van der Waals surface area (Å²) in [6, 6.07) is 0.338. The highest BCUT2D eigenvalue weighted by atomic mass is 16.5. The topological polar surface area (TPSA) is 30.5 Å². The standard InChI is InChI=1S/C15H29NO2/c1-11(2)17-9-13-15(18-7-6-16-13)10-14(4,5)8-12(15)3/h11-13,16H,6-10H2,1-5H3. The zero-order valence-corrected chi connectivity index (χ0v) is 12.6. The molecule has 1 N–H and O–H groups in total. The molecule has 1 heterocycles. The van der Waals surface area contributed by atoms with Gasteiger partial charge in [0, 0.05) is 6.54 Å². The fourth-order valence-electron chi connectivity index (χ4n) is 3.89. The molecular formula is C15H29NO2. The van der Waals surface area contributed by atoms with Crippen LogP contribution in [0.25, 0.3) is 0 Å². The minimum absolute atomic E-state index is 0.0172. The van der Waals surface area contributed by atoms with E-state index in [2.05, 4.69) is 39.9 Å². The smallest absolute Gasteiger partial charge is 0.0888 e. The maximum atomic E-state index is 6.28. The van der Waals surface area contributed by atoms with Crippen molar-refractivity contribution < 1.29 is 9.47 Å². The number of ether oxygens (including phenoxy) is 2. The van der Waals surface area contributed by atoms with Crippen molar-refractivity contribution in [1.29, 1.82) is 0 Å². The first-order valence-corrected chi connectivity index (χ1v) is 7.35. The molecule has 0 aromatic heterocycles. The number of nitrogens with one attached hydrogen (secondary N) is 1. The van der Waals surface area contributed by atoms with E-state index in [1.807, 2.05) is 0 Å². The van der Waals surface area contributed by atoms with Gasteiger partial charge in [0.2, 0.25) is 0 Å². The van der Waals surface area contributed by atoms with E-state index < -0.39 is 0 Å². The molecule has 1 aliphatic carbocycles. The van der Waals surface area contributed by atoms with E-state index in [4.69, 9.17) is 9.47 Å². The molecule has 18 heavy (non-hydrogen) atoms. The summed E-state index contributed by atoms with van der Waals surface area (Å²) in [4.78, 5) is 0. The van der Waals surface area contributed by atoms with Gasteiger partial charge >= 0.3 is 0 Å². The van der Waals surface area contributed by atoms with E-state index in [9.17, 15) is 0 Å². The molecule has 0 bridgehead atoms. The van der Waals surface area contributed by atoms with Gasteiger partial charge < -0.3 is 14.8 Å². The van der Waals surface area contributed by atoms with E-state index >= 15 is 0 Å². The second kappa shape index (κ2) is 5.10. The predicted octanol–water partition coefficient (Wildman–Crippen LogP) is 2.59. The fraction of sp³-hybridized carbons (Fsp3) is 1.00. The Morgan fingerprint density at radius 1 is 1.39 bits per heavy atom. The van der Waals surface area contributed by atoms with Crippen LogP contribution < -0.4 is 5.32 Å². The van der Waals surface area contributed by atoms with Gasteiger partial charge in [0.15, 0.2) is 0 Å². The summed E-state index contributed by atoms with van der Waals surface area (Å²) in [5, 5.41) is 3.63. The predicted molar refractivity (Wildman–Crippen MR) is 73.7 cm³/mol. The van der Waals surface area contributed by atoms with Gasteiger partial charge in [-0.25, -0.2) is 0 Å². The summed E-state index contributed by atoms with van der Waals surface area (Å²) in [6.07, 6.45) is 2.67. The van der Waals surface area contributed by atoms with E-state index in [0.717, 1.165) is 26.2 Å². The number of morpholine rings is 1. The van der Waals surface area contributed by atoms with Gasteiger partial charge in [-0.1, -0.05) is 20.8 Å². The van der Waals surface area contributed by atoms with Crippen molar-refractivity contribution in [1.82, 2.24) is 5.32 Å². The van der Waals surface area contributed by atoms with Gasteiger partial charge in [0.1, 0.15) is 0 Å². The van der Waals surface area contributed by atoms with Gasteiger partial charge in [-0.2, -0.15) is 0 Å². The molecule has 0 radical (unpaired) electrons. The van der Waals surface area contributed by atoms with Crippen molar-refractivity contribution in [3.63, 3.8) is 0 Å². The molecule has 1 spiro atoms. The van der Waals surface area contributed by atoms with Crippen molar-refractivity contribution in [3.8, 4) is 0 Å². The molecule has 2 fully saturated rings. The Bertz CT molecular complexity index is 290. The van der Waals surface area contributed by atoms with Crippen molar-refractivity contribution in [3.05, 3.63) is 0 Å². The first kappa shape index (κ1) is 14.3. The van der Waals surface area contributed by atoms with Crippen molar-refractivity contribution in [2.24, 2.45) is 11.3 Å². The van der Waals surface area contributed by atoms with Crippen LogP contribution in [0.3, 0.4) is 0 Å². The van der Waals surface area contributed by atoms with Crippen LogP contribution in [0.4, 0.5) is 0 Å². The third-order valence-electron chi connectivity index (χ3n) is 4.50. The van der Waals surface area contributed by atoms with E-state index in [1.54, 1.807) is 0 Å². The number of rotatable bonds is 3.